The summed E-state index contributed by atoms with van der Waals surface area (Å²) in [5, 5.41) is 17.9. The van der Waals surface area contributed by atoms with Crippen LogP contribution in [-0.2, 0) is 9.53 Å². The van der Waals surface area contributed by atoms with Crippen molar-refractivity contribution in [3.8, 4) is 0 Å². The Labute approximate surface area is 69.8 Å². The fourth-order valence-electron chi connectivity index (χ4n) is 1.01. The van der Waals surface area contributed by atoms with E-state index in [0.29, 0.717) is 0 Å². The Hall–Kier alpha value is -1.29. The second-order valence-corrected chi connectivity index (χ2v) is 2.43. The summed E-state index contributed by atoms with van der Waals surface area (Å²) in [5.74, 6) is -0.756. The second-order valence-electron chi connectivity index (χ2n) is 2.43. The molecule has 0 bridgehead atoms. The van der Waals surface area contributed by atoms with E-state index in [1.54, 1.807) is 0 Å². The molecule has 2 N–H and O–H groups in total. The molecule has 12 heavy (non-hydrogen) atoms. The van der Waals surface area contributed by atoms with Gasteiger partial charge in [0.1, 0.15) is 5.76 Å². The van der Waals surface area contributed by atoms with Gasteiger partial charge in [-0.1, -0.05) is 6.08 Å². The van der Waals surface area contributed by atoms with Crippen LogP contribution in [0.25, 0.3) is 0 Å². The van der Waals surface area contributed by atoms with E-state index in [4.69, 9.17) is 5.11 Å². The van der Waals surface area contributed by atoms with Crippen LogP contribution in [-0.4, -0.2) is 28.9 Å². The van der Waals surface area contributed by atoms with Gasteiger partial charge in [-0.3, -0.25) is 0 Å². The van der Waals surface area contributed by atoms with Crippen molar-refractivity contribution in [1.29, 1.82) is 0 Å². The summed E-state index contributed by atoms with van der Waals surface area (Å²) in [6.45, 7) is 3.04. The predicted octanol–water partition coefficient (Wildman–Crippen LogP) is 0.292. The predicted molar refractivity (Wildman–Crippen MR) is 41.4 cm³/mol. The summed E-state index contributed by atoms with van der Waals surface area (Å²) in [6, 6.07) is 0. The molecule has 66 valence electrons. The Morgan fingerprint density at radius 1 is 1.67 bits per heavy atom. The van der Waals surface area contributed by atoms with Gasteiger partial charge in [-0.15, -0.1) is 6.58 Å². The minimum Gasteiger partial charge on any atom is -0.508 e. The first kappa shape index (κ1) is 8.80. The lowest BCUT2D eigenvalue weighted by molar-refractivity contribution is -0.141. The standard InChI is InChI=1S/C8H10O4/c1-2-3-5-7(10)6(4-9)12-8(5)11/h2,6,9-10H,1,3-4H2. The number of esters is 1. The van der Waals surface area contributed by atoms with Gasteiger partial charge in [0.25, 0.3) is 0 Å². The highest BCUT2D eigenvalue weighted by molar-refractivity contribution is 5.92. The van der Waals surface area contributed by atoms with Crippen LogP contribution in [0.5, 0.6) is 0 Å². The molecule has 1 rings (SSSR count). The van der Waals surface area contributed by atoms with Crippen LogP contribution in [0.4, 0.5) is 0 Å². The largest absolute Gasteiger partial charge is 0.508 e. The van der Waals surface area contributed by atoms with E-state index < -0.39 is 18.7 Å². The molecule has 0 saturated carbocycles. The third kappa shape index (κ3) is 1.33. The first-order valence-corrected chi connectivity index (χ1v) is 3.55. The Balaban J connectivity index is 2.84. The molecule has 1 unspecified atom stereocenters. The molecule has 4 nitrogen and oxygen atoms in total. The number of rotatable bonds is 3. The number of allylic oxidation sites excluding steroid dienone is 1. The third-order valence-corrected chi connectivity index (χ3v) is 1.62. The van der Waals surface area contributed by atoms with Crippen LogP contribution in [0.2, 0.25) is 0 Å². The summed E-state index contributed by atoms with van der Waals surface area (Å²) in [4.78, 5) is 10.9. The van der Waals surface area contributed by atoms with Crippen LogP contribution in [0.1, 0.15) is 6.42 Å². The quantitative estimate of drug-likeness (QED) is 0.472. The van der Waals surface area contributed by atoms with Gasteiger partial charge in [0, 0.05) is 6.42 Å². The van der Waals surface area contributed by atoms with Crippen molar-refractivity contribution in [1.82, 2.24) is 0 Å². The number of ether oxygens (including phenoxy) is 1. The molecule has 0 aliphatic carbocycles. The summed E-state index contributed by atoms with van der Waals surface area (Å²) >= 11 is 0. The molecule has 1 aliphatic heterocycles. The zero-order valence-electron chi connectivity index (χ0n) is 6.49. The first-order valence-electron chi connectivity index (χ1n) is 3.55. The normalized spacial score (nSPS) is 22.8. The van der Waals surface area contributed by atoms with E-state index in [-0.39, 0.29) is 17.8 Å². The van der Waals surface area contributed by atoms with Crippen LogP contribution in [0.3, 0.4) is 0 Å². The van der Waals surface area contributed by atoms with Crippen LogP contribution in [0.15, 0.2) is 24.0 Å². The lowest BCUT2D eigenvalue weighted by Crippen LogP contribution is -2.15. The Kier molecular flexibility index (Phi) is 2.50. The number of hydrogen-bond acceptors (Lipinski definition) is 4. The molecule has 1 heterocycles. The maximum absolute atomic E-state index is 10.9. The van der Waals surface area contributed by atoms with Crippen molar-refractivity contribution in [2.24, 2.45) is 0 Å². The molecule has 0 saturated heterocycles. The smallest absolute Gasteiger partial charge is 0.338 e. The fourth-order valence-corrected chi connectivity index (χ4v) is 1.01. The molecule has 0 fully saturated rings. The average molecular weight is 170 g/mol. The summed E-state index contributed by atoms with van der Waals surface area (Å²) in [6.07, 6.45) is 0.876. The molecular weight excluding hydrogens is 160 g/mol. The summed E-state index contributed by atoms with van der Waals surface area (Å²) < 4.78 is 4.63. The number of cyclic esters (lactones) is 1. The zero-order valence-corrected chi connectivity index (χ0v) is 6.49. The monoisotopic (exact) mass is 170 g/mol. The minimum absolute atomic E-state index is 0.178. The van der Waals surface area contributed by atoms with Gasteiger partial charge in [0.05, 0.1) is 12.2 Å². The lowest BCUT2D eigenvalue weighted by atomic mass is 10.1. The number of aliphatic hydroxyl groups is 2. The van der Waals surface area contributed by atoms with Crippen LogP contribution >= 0.6 is 0 Å². The van der Waals surface area contributed by atoms with Crippen molar-refractivity contribution in [2.45, 2.75) is 12.5 Å². The van der Waals surface area contributed by atoms with E-state index in [1.165, 1.54) is 6.08 Å². The van der Waals surface area contributed by atoms with Crippen LogP contribution < -0.4 is 0 Å². The zero-order chi connectivity index (χ0) is 9.14. The van der Waals surface area contributed by atoms with E-state index in [0.717, 1.165) is 0 Å². The number of carbonyl (C=O) groups excluding carboxylic acids is 1. The fraction of sp³-hybridized carbons (Fsp3) is 0.375. The maximum atomic E-state index is 10.9. The molecule has 0 aromatic heterocycles. The van der Waals surface area contributed by atoms with Crippen molar-refractivity contribution in [2.75, 3.05) is 6.61 Å². The Morgan fingerprint density at radius 2 is 2.33 bits per heavy atom. The highest BCUT2D eigenvalue weighted by Gasteiger charge is 2.32. The Bertz CT molecular complexity index is 241. The number of hydrogen-bond donors (Lipinski definition) is 2. The van der Waals surface area contributed by atoms with E-state index in [1.807, 2.05) is 0 Å². The van der Waals surface area contributed by atoms with Gasteiger partial charge in [-0.05, 0) is 0 Å². The molecule has 0 aromatic rings. The van der Waals surface area contributed by atoms with E-state index in [9.17, 15) is 9.90 Å². The van der Waals surface area contributed by atoms with Crippen molar-refractivity contribution >= 4 is 5.97 Å². The van der Waals surface area contributed by atoms with Gasteiger partial charge in [0.15, 0.2) is 6.10 Å². The second kappa shape index (κ2) is 3.40. The maximum Gasteiger partial charge on any atom is 0.338 e. The lowest BCUT2D eigenvalue weighted by Gasteiger charge is -2.03. The van der Waals surface area contributed by atoms with Crippen molar-refractivity contribution in [3.63, 3.8) is 0 Å². The van der Waals surface area contributed by atoms with Crippen molar-refractivity contribution < 1.29 is 19.7 Å². The molecule has 0 spiro atoms. The average Bonchev–Trinajstić information content (AvgIpc) is 2.32. The molecule has 0 aromatic carbocycles. The molecule has 0 amide bonds. The Morgan fingerprint density at radius 3 is 2.75 bits per heavy atom. The van der Waals surface area contributed by atoms with Gasteiger partial charge >= 0.3 is 5.97 Å². The van der Waals surface area contributed by atoms with Gasteiger partial charge < -0.3 is 14.9 Å². The molecule has 4 heteroatoms. The SMILES string of the molecule is C=CCC1=C(O)C(CO)OC1=O. The number of aliphatic hydroxyl groups excluding tert-OH is 2. The van der Waals surface area contributed by atoms with Gasteiger partial charge in [-0.25, -0.2) is 4.79 Å². The van der Waals surface area contributed by atoms with Gasteiger partial charge in [-0.2, -0.15) is 0 Å². The minimum atomic E-state index is -0.882. The summed E-state index contributed by atoms with van der Waals surface area (Å²) in [7, 11) is 0. The topological polar surface area (TPSA) is 66.8 Å². The highest BCUT2D eigenvalue weighted by Crippen LogP contribution is 2.22. The van der Waals surface area contributed by atoms with E-state index in [2.05, 4.69) is 11.3 Å². The van der Waals surface area contributed by atoms with Crippen LogP contribution in [0, 0.1) is 0 Å². The number of carbonyl (C=O) groups is 1. The van der Waals surface area contributed by atoms with E-state index >= 15 is 0 Å². The first-order chi connectivity index (χ1) is 5.70. The molecule has 1 aliphatic rings. The highest BCUT2D eigenvalue weighted by atomic mass is 16.6. The molecular formula is C8H10O4. The van der Waals surface area contributed by atoms with Gasteiger partial charge in [0.2, 0.25) is 0 Å². The summed E-state index contributed by atoms with van der Waals surface area (Å²) in [5.41, 5.74) is 0.184. The third-order valence-electron chi connectivity index (χ3n) is 1.62. The molecule has 0 radical (unpaired) electrons. The molecule has 1 atom stereocenters. The van der Waals surface area contributed by atoms with Crippen molar-refractivity contribution in [3.05, 3.63) is 24.0 Å².